The van der Waals surface area contributed by atoms with Crippen molar-refractivity contribution in [2.45, 2.75) is 45.4 Å². The molecule has 3 atom stereocenters. The van der Waals surface area contributed by atoms with Crippen LogP contribution in [0.3, 0.4) is 0 Å². The third-order valence-corrected chi connectivity index (χ3v) is 3.85. The van der Waals surface area contributed by atoms with Crippen molar-refractivity contribution in [2.24, 2.45) is 17.8 Å². The van der Waals surface area contributed by atoms with Crippen LogP contribution < -0.4 is 5.32 Å². The van der Waals surface area contributed by atoms with Crippen LogP contribution in [0.5, 0.6) is 0 Å². The van der Waals surface area contributed by atoms with Gasteiger partial charge in [0.1, 0.15) is 0 Å². The Kier molecular flexibility index (Phi) is 6.00. The van der Waals surface area contributed by atoms with E-state index in [0.29, 0.717) is 0 Å². The van der Waals surface area contributed by atoms with Crippen molar-refractivity contribution >= 4 is 0 Å². The first-order valence-corrected chi connectivity index (χ1v) is 6.53. The molecule has 88 valence electrons. The van der Waals surface area contributed by atoms with Crippen LogP contribution in [0.25, 0.3) is 0 Å². The van der Waals surface area contributed by atoms with Gasteiger partial charge in [0.2, 0.25) is 0 Å². The number of hydrogen-bond donors (Lipinski definition) is 1. The summed E-state index contributed by atoms with van der Waals surface area (Å²) in [5.74, 6) is 2.84. The average Bonchev–Trinajstić information content (AvgIpc) is 2.22. The number of unbranched alkanes of at least 4 members (excludes halogenated alkanes) is 1. The van der Waals surface area contributed by atoms with Gasteiger partial charge in [-0.05, 0) is 63.5 Å². The van der Waals surface area contributed by atoms with E-state index in [4.69, 9.17) is 0 Å². The summed E-state index contributed by atoms with van der Waals surface area (Å²) in [6.45, 7) is 7.43. The largest absolute Gasteiger partial charge is 0.319 e. The third kappa shape index (κ3) is 4.38. The predicted molar refractivity (Wildman–Crippen MR) is 68.0 cm³/mol. The molecule has 0 heterocycles. The zero-order valence-corrected chi connectivity index (χ0v) is 10.5. The van der Waals surface area contributed by atoms with Crippen LogP contribution in [-0.2, 0) is 0 Å². The van der Waals surface area contributed by atoms with E-state index in [1.165, 1.54) is 45.1 Å². The fraction of sp³-hybridized carbons (Fsp3) is 0.857. The summed E-state index contributed by atoms with van der Waals surface area (Å²) in [4.78, 5) is 0. The fourth-order valence-electron chi connectivity index (χ4n) is 2.97. The standard InChI is InChI=1S/C14H27N/c1-4-5-6-7-13-10-12(2)8-9-14(13)11-15-3/h4,12-15H,1,5-11H2,2-3H3. The molecule has 0 spiro atoms. The molecule has 1 fully saturated rings. The highest BCUT2D eigenvalue weighted by molar-refractivity contribution is 4.80. The van der Waals surface area contributed by atoms with Crippen LogP contribution >= 0.6 is 0 Å². The van der Waals surface area contributed by atoms with Crippen molar-refractivity contribution < 1.29 is 0 Å². The molecule has 1 nitrogen and oxygen atoms in total. The van der Waals surface area contributed by atoms with Crippen LogP contribution in [-0.4, -0.2) is 13.6 Å². The zero-order valence-electron chi connectivity index (χ0n) is 10.5. The molecule has 1 heteroatoms. The van der Waals surface area contributed by atoms with Gasteiger partial charge in [-0.25, -0.2) is 0 Å². The highest BCUT2D eigenvalue weighted by Crippen LogP contribution is 2.36. The van der Waals surface area contributed by atoms with Gasteiger partial charge < -0.3 is 5.32 Å². The van der Waals surface area contributed by atoms with Crippen molar-refractivity contribution in [1.29, 1.82) is 0 Å². The topological polar surface area (TPSA) is 12.0 Å². The lowest BCUT2D eigenvalue weighted by atomic mass is 9.72. The molecular weight excluding hydrogens is 182 g/mol. The zero-order chi connectivity index (χ0) is 11.1. The normalized spacial score (nSPS) is 31.5. The quantitative estimate of drug-likeness (QED) is 0.520. The molecule has 0 aliphatic heterocycles. The molecule has 0 aromatic rings. The summed E-state index contributed by atoms with van der Waals surface area (Å²) in [6.07, 6.45) is 10.3. The molecule has 0 aromatic carbocycles. The van der Waals surface area contributed by atoms with Gasteiger partial charge in [0.05, 0.1) is 0 Å². The summed E-state index contributed by atoms with van der Waals surface area (Å²) < 4.78 is 0. The number of allylic oxidation sites excluding steroid dienone is 1. The first-order valence-electron chi connectivity index (χ1n) is 6.53. The van der Waals surface area contributed by atoms with Gasteiger partial charge in [-0.15, -0.1) is 6.58 Å². The van der Waals surface area contributed by atoms with Gasteiger partial charge in [-0.2, -0.15) is 0 Å². The Balaban J connectivity index is 2.35. The Hall–Kier alpha value is -0.300. The summed E-state index contributed by atoms with van der Waals surface area (Å²) in [5, 5.41) is 3.35. The van der Waals surface area contributed by atoms with E-state index in [9.17, 15) is 0 Å². The van der Waals surface area contributed by atoms with Gasteiger partial charge in [-0.3, -0.25) is 0 Å². The lowest BCUT2D eigenvalue weighted by Gasteiger charge is -2.35. The average molecular weight is 209 g/mol. The molecule has 1 N–H and O–H groups in total. The molecule has 1 aliphatic carbocycles. The third-order valence-electron chi connectivity index (χ3n) is 3.85. The monoisotopic (exact) mass is 209 g/mol. The van der Waals surface area contributed by atoms with Crippen LogP contribution in [0.1, 0.15) is 45.4 Å². The van der Waals surface area contributed by atoms with E-state index in [0.717, 1.165) is 17.8 Å². The second-order valence-electron chi connectivity index (χ2n) is 5.22. The Bertz CT molecular complexity index is 176. The van der Waals surface area contributed by atoms with Crippen molar-refractivity contribution in [3.63, 3.8) is 0 Å². The molecule has 3 unspecified atom stereocenters. The minimum absolute atomic E-state index is 0.927. The van der Waals surface area contributed by atoms with Crippen molar-refractivity contribution in [1.82, 2.24) is 5.32 Å². The van der Waals surface area contributed by atoms with Gasteiger partial charge in [-0.1, -0.05) is 19.4 Å². The molecule has 0 aromatic heterocycles. The molecule has 15 heavy (non-hydrogen) atoms. The molecular formula is C14H27N. The van der Waals surface area contributed by atoms with Crippen molar-refractivity contribution in [2.75, 3.05) is 13.6 Å². The van der Waals surface area contributed by atoms with Crippen LogP contribution in [0.15, 0.2) is 12.7 Å². The van der Waals surface area contributed by atoms with Gasteiger partial charge in [0.25, 0.3) is 0 Å². The van der Waals surface area contributed by atoms with Crippen molar-refractivity contribution in [3.8, 4) is 0 Å². The maximum atomic E-state index is 3.80. The van der Waals surface area contributed by atoms with Crippen LogP contribution in [0.2, 0.25) is 0 Å². The number of nitrogens with one attached hydrogen (secondary N) is 1. The molecule has 0 saturated heterocycles. The second kappa shape index (κ2) is 7.05. The first kappa shape index (κ1) is 12.8. The Morgan fingerprint density at radius 1 is 1.33 bits per heavy atom. The minimum atomic E-state index is 0.927. The second-order valence-corrected chi connectivity index (χ2v) is 5.22. The maximum Gasteiger partial charge on any atom is -0.00209 e. The molecule has 1 rings (SSSR count). The molecule has 0 radical (unpaired) electrons. The fourth-order valence-corrected chi connectivity index (χ4v) is 2.97. The van der Waals surface area contributed by atoms with Gasteiger partial charge >= 0.3 is 0 Å². The van der Waals surface area contributed by atoms with E-state index < -0.39 is 0 Å². The predicted octanol–water partition coefficient (Wildman–Crippen LogP) is 3.61. The minimum Gasteiger partial charge on any atom is -0.319 e. The van der Waals surface area contributed by atoms with Gasteiger partial charge in [0, 0.05) is 0 Å². The van der Waals surface area contributed by atoms with Crippen LogP contribution in [0, 0.1) is 17.8 Å². The first-order chi connectivity index (χ1) is 7.27. The van der Waals surface area contributed by atoms with E-state index in [2.05, 4.69) is 31.9 Å². The maximum absolute atomic E-state index is 3.80. The summed E-state index contributed by atoms with van der Waals surface area (Å²) in [7, 11) is 2.08. The Labute approximate surface area is 95.3 Å². The molecule has 0 amide bonds. The Morgan fingerprint density at radius 2 is 2.13 bits per heavy atom. The molecule has 1 saturated carbocycles. The number of hydrogen-bond acceptors (Lipinski definition) is 1. The van der Waals surface area contributed by atoms with E-state index in [1.807, 2.05) is 0 Å². The van der Waals surface area contributed by atoms with Crippen molar-refractivity contribution in [3.05, 3.63) is 12.7 Å². The van der Waals surface area contributed by atoms with Gasteiger partial charge in [0.15, 0.2) is 0 Å². The molecule has 0 bridgehead atoms. The highest BCUT2D eigenvalue weighted by Gasteiger charge is 2.27. The number of rotatable bonds is 6. The van der Waals surface area contributed by atoms with E-state index >= 15 is 0 Å². The summed E-state index contributed by atoms with van der Waals surface area (Å²) >= 11 is 0. The SMILES string of the molecule is C=CCCCC1CC(C)CCC1CNC. The lowest BCUT2D eigenvalue weighted by molar-refractivity contribution is 0.175. The van der Waals surface area contributed by atoms with E-state index in [-0.39, 0.29) is 0 Å². The summed E-state index contributed by atoms with van der Waals surface area (Å²) in [5.41, 5.74) is 0. The Morgan fingerprint density at radius 3 is 2.80 bits per heavy atom. The van der Waals surface area contributed by atoms with E-state index in [1.54, 1.807) is 0 Å². The smallest absolute Gasteiger partial charge is 0.00209 e. The van der Waals surface area contributed by atoms with Crippen LogP contribution in [0.4, 0.5) is 0 Å². The molecule has 1 aliphatic rings. The highest BCUT2D eigenvalue weighted by atomic mass is 14.8. The lowest BCUT2D eigenvalue weighted by Crippen LogP contribution is -2.31. The summed E-state index contributed by atoms with van der Waals surface area (Å²) in [6, 6.07) is 0.